The number of aliphatic hydroxyl groups excluding tert-OH is 1. The standard InChI is InChI=1S/C10H15FN3O8P/c1-20-10(4-21-23(17,18)19)7(11)6(15)8(22-10)14-3-2-5(12)13-9(14)16/h2-3,6-8,15H,4H2,1H3,(H2,12,13,16)(H2,17,18,19)/t6-,7+,8-,10-/m1/s1. The smallest absolute Gasteiger partial charge is 0.385 e. The number of phosphoric acid groups is 1. The Hall–Kier alpha value is -1.40. The fraction of sp³-hybridized carbons (Fsp3) is 0.600. The van der Waals surface area contributed by atoms with Crippen molar-refractivity contribution in [2.45, 2.75) is 24.3 Å². The Kier molecular flexibility index (Phi) is 4.87. The Balaban J connectivity index is 2.32. The highest BCUT2D eigenvalue weighted by molar-refractivity contribution is 7.46. The molecular formula is C10H15FN3O8P. The first-order valence-electron chi connectivity index (χ1n) is 6.19. The Morgan fingerprint density at radius 3 is 2.78 bits per heavy atom. The van der Waals surface area contributed by atoms with Crippen molar-refractivity contribution in [2.24, 2.45) is 0 Å². The third kappa shape index (κ3) is 3.58. The number of nitrogens with two attached hydrogens (primary N) is 1. The van der Waals surface area contributed by atoms with Crippen molar-refractivity contribution in [2.75, 3.05) is 19.5 Å². The van der Waals surface area contributed by atoms with E-state index in [4.69, 9.17) is 25.0 Å². The third-order valence-corrected chi connectivity index (χ3v) is 3.70. The van der Waals surface area contributed by atoms with E-state index in [-0.39, 0.29) is 5.82 Å². The molecule has 13 heteroatoms. The zero-order valence-electron chi connectivity index (χ0n) is 11.8. The van der Waals surface area contributed by atoms with Gasteiger partial charge in [-0.15, -0.1) is 0 Å². The number of aliphatic hydroxyl groups is 1. The van der Waals surface area contributed by atoms with Gasteiger partial charge in [0.15, 0.2) is 12.4 Å². The summed E-state index contributed by atoms with van der Waals surface area (Å²) in [5.41, 5.74) is 4.42. The molecule has 0 radical (unpaired) electrons. The zero-order valence-corrected chi connectivity index (χ0v) is 12.7. The minimum absolute atomic E-state index is 0.0848. The molecule has 0 unspecified atom stereocenters. The number of nitrogens with zero attached hydrogens (tertiary/aromatic N) is 2. The van der Waals surface area contributed by atoms with E-state index in [1.54, 1.807) is 0 Å². The molecule has 11 nitrogen and oxygen atoms in total. The minimum atomic E-state index is -4.93. The van der Waals surface area contributed by atoms with E-state index >= 15 is 0 Å². The summed E-state index contributed by atoms with van der Waals surface area (Å²) >= 11 is 0. The van der Waals surface area contributed by atoms with Crippen LogP contribution in [-0.2, 0) is 18.6 Å². The molecule has 0 saturated carbocycles. The predicted molar refractivity (Wildman–Crippen MR) is 71.7 cm³/mol. The number of anilines is 1. The molecule has 1 aromatic heterocycles. The first-order chi connectivity index (χ1) is 10.6. The van der Waals surface area contributed by atoms with Crippen LogP contribution in [0.25, 0.3) is 0 Å². The van der Waals surface area contributed by atoms with Gasteiger partial charge in [-0.2, -0.15) is 4.98 Å². The molecule has 2 rings (SSSR count). The Morgan fingerprint density at radius 2 is 2.26 bits per heavy atom. The number of rotatable bonds is 5. The summed E-state index contributed by atoms with van der Waals surface area (Å²) in [6, 6.07) is 1.23. The molecule has 130 valence electrons. The lowest BCUT2D eigenvalue weighted by atomic mass is 10.1. The predicted octanol–water partition coefficient (Wildman–Crippen LogP) is -1.49. The van der Waals surface area contributed by atoms with Crippen LogP contribution in [0.2, 0.25) is 0 Å². The average molecular weight is 355 g/mol. The highest BCUT2D eigenvalue weighted by Crippen LogP contribution is 2.44. The highest BCUT2D eigenvalue weighted by atomic mass is 31.2. The van der Waals surface area contributed by atoms with Crippen molar-refractivity contribution in [1.29, 1.82) is 0 Å². The van der Waals surface area contributed by atoms with Crippen LogP contribution < -0.4 is 11.4 Å². The van der Waals surface area contributed by atoms with Crippen LogP contribution in [-0.4, -0.2) is 56.2 Å². The summed E-state index contributed by atoms with van der Waals surface area (Å²) < 4.78 is 40.1. The highest BCUT2D eigenvalue weighted by Gasteiger charge is 2.58. The Bertz CT molecular complexity index is 680. The number of halogens is 1. The molecular weight excluding hydrogens is 340 g/mol. The molecule has 1 aromatic rings. The molecule has 1 fully saturated rings. The average Bonchev–Trinajstić information content (AvgIpc) is 2.70. The van der Waals surface area contributed by atoms with Crippen molar-refractivity contribution in [3.05, 3.63) is 22.7 Å². The maximum Gasteiger partial charge on any atom is 0.469 e. The molecule has 0 aromatic carbocycles. The fourth-order valence-electron chi connectivity index (χ4n) is 2.09. The van der Waals surface area contributed by atoms with E-state index in [2.05, 4.69) is 9.51 Å². The summed E-state index contributed by atoms with van der Waals surface area (Å²) in [6.07, 6.45) is -4.56. The molecule has 0 aliphatic carbocycles. The topological polar surface area (TPSA) is 166 Å². The number of aromatic nitrogens is 2. The number of phosphoric ester groups is 1. The summed E-state index contributed by atoms with van der Waals surface area (Å²) in [4.78, 5) is 32.6. The van der Waals surface area contributed by atoms with Gasteiger partial charge in [0, 0.05) is 13.3 Å². The van der Waals surface area contributed by atoms with Gasteiger partial charge < -0.3 is 30.1 Å². The second kappa shape index (κ2) is 6.24. The maximum atomic E-state index is 14.4. The van der Waals surface area contributed by atoms with Gasteiger partial charge in [0.2, 0.25) is 5.79 Å². The van der Waals surface area contributed by atoms with Crippen molar-refractivity contribution in [3.63, 3.8) is 0 Å². The Morgan fingerprint density at radius 1 is 1.61 bits per heavy atom. The molecule has 1 saturated heterocycles. The largest absolute Gasteiger partial charge is 0.469 e. The van der Waals surface area contributed by atoms with Crippen molar-refractivity contribution >= 4 is 13.6 Å². The molecule has 23 heavy (non-hydrogen) atoms. The van der Waals surface area contributed by atoms with Gasteiger partial charge in [-0.25, -0.2) is 13.8 Å². The van der Waals surface area contributed by atoms with E-state index in [0.29, 0.717) is 0 Å². The van der Waals surface area contributed by atoms with E-state index < -0.39 is 44.4 Å². The summed E-state index contributed by atoms with van der Waals surface area (Å²) in [5.74, 6) is -2.40. The summed E-state index contributed by atoms with van der Waals surface area (Å²) in [6.45, 7) is -1.01. The van der Waals surface area contributed by atoms with Gasteiger partial charge in [0.1, 0.15) is 18.5 Å². The molecule has 1 aliphatic rings. The van der Waals surface area contributed by atoms with Gasteiger partial charge in [-0.05, 0) is 6.07 Å². The monoisotopic (exact) mass is 355 g/mol. The SMILES string of the molecule is CO[C@]1(COP(=O)(O)O)O[C@@H](n2ccc(N)nc2=O)[C@H](O)[C@@H]1F. The molecule has 0 amide bonds. The van der Waals surface area contributed by atoms with Crippen LogP contribution in [0.3, 0.4) is 0 Å². The van der Waals surface area contributed by atoms with Crippen LogP contribution in [0.1, 0.15) is 6.23 Å². The molecule has 5 N–H and O–H groups in total. The number of alkyl halides is 1. The van der Waals surface area contributed by atoms with Crippen LogP contribution in [0, 0.1) is 0 Å². The van der Waals surface area contributed by atoms with Crippen LogP contribution >= 0.6 is 7.82 Å². The van der Waals surface area contributed by atoms with Gasteiger partial charge in [0.25, 0.3) is 0 Å². The zero-order chi connectivity index (χ0) is 17.4. The minimum Gasteiger partial charge on any atom is -0.385 e. The van der Waals surface area contributed by atoms with Crippen molar-refractivity contribution < 1.29 is 37.8 Å². The quantitative estimate of drug-likeness (QED) is 0.457. The maximum absolute atomic E-state index is 14.4. The molecule has 4 atom stereocenters. The van der Waals surface area contributed by atoms with Crippen molar-refractivity contribution in [1.82, 2.24) is 9.55 Å². The fourth-order valence-corrected chi connectivity index (χ4v) is 2.44. The van der Waals surface area contributed by atoms with Gasteiger partial charge in [-0.1, -0.05) is 0 Å². The molecule has 2 heterocycles. The third-order valence-electron chi connectivity index (χ3n) is 3.24. The van der Waals surface area contributed by atoms with E-state index in [9.17, 15) is 18.9 Å². The lowest BCUT2D eigenvalue weighted by Crippen LogP contribution is -2.46. The number of ether oxygens (including phenoxy) is 2. The number of hydrogen-bond acceptors (Lipinski definition) is 8. The summed E-state index contributed by atoms with van der Waals surface area (Å²) in [5, 5.41) is 9.95. The second-order valence-electron chi connectivity index (χ2n) is 4.72. The van der Waals surface area contributed by atoms with Gasteiger partial charge in [0.05, 0.1) is 0 Å². The Labute approximate surface area is 128 Å². The number of methoxy groups -OCH3 is 1. The lowest BCUT2D eigenvalue weighted by Gasteiger charge is -2.28. The van der Waals surface area contributed by atoms with E-state index in [0.717, 1.165) is 17.9 Å². The number of nitrogen functional groups attached to an aromatic ring is 1. The molecule has 0 bridgehead atoms. The first-order valence-corrected chi connectivity index (χ1v) is 7.72. The second-order valence-corrected chi connectivity index (χ2v) is 5.96. The normalized spacial score (nSPS) is 31.4. The first kappa shape index (κ1) is 17.9. The summed E-state index contributed by atoms with van der Waals surface area (Å²) in [7, 11) is -3.94. The van der Waals surface area contributed by atoms with E-state index in [1.165, 1.54) is 6.07 Å². The lowest BCUT2D eigenvalue weighted by molar-refractivity contribution is -0.258. The molecule has 0 spiro atoms. The van der Waals surface area contributed by atoms with Crippen LogP contribution in [0.4, 0.5) is 10.2 Å². The molecule has 1 aliphatic heterocycles. The van der Waals surface area contributed by atoms with E-state index in [1.807, 2.05) is 0 Å². The van der Waals surface area contributed by atoms with Gasteiger partial charge in [-0.3, -0.25) is 9.09 Å². The number of hydrogen-bond donors (Lipinski definition) is 4. The van der Waals surface area contributed by atoms with Crippen LogP contribution in [0.5, 0.6) is 0 Å². The van der Waals surface area contributed by atoms with Crippen LogP contribution in [0.15, 0.2) is 17.1 Å². The van der Waals surface area contributed by atoms with Crippen molar-refractivity contribution in [3.8, 4) is 0 Å². The van der Waals surface area contributed by atoms with Gasteiger partial charge >= 0.3 is 13.5 Å².